The minimum atomic E-state index is -0.492. The lowest BCUT2D eigenvalue weighted by Crippen LogP contribution is -2.23. The van der Waals surface area contributed by atoms with Crippen LogP contribution in [0.2, 0.25) is 0 Å². The van der Waals surface area contributed by atoms with Crippen molar-refractivity contribution in [3.8, 4) is 0 Å². The molecule has 0 N–H and O–H groups in total. The Morgan fingerprint density at radius 1 is 0.947 bits per heavy atom. The number of hydrogen-bond donors (Lipinski definition) is 0. The first kappa shape index (κ1) is 12.7. The Bertz CT molecular complexity index is 413. The van der Waals surface area contributed by atoms with E-state index in [1.54, 1.807) is 13.8 Å². The molecule has 19 heavy (non-hydrogen) atoms. The van der Waals surface area contributed by atoms with Gasteiger partial charge < -0.3 is 9.47 Å². The van der Waals surface area contributed by atoms with Crippen molar-refractivity contribution < 1.29 is 19.1 Å². The maximum atomic E-state index is 12.1. The number of carbonyl (C=O) groups excluding carboxylic acids is 2. The molecule has 4 aliphatic rings. The van der Waals surface area contributed by atoms with Gasteiger partial charge in [0.05, 0.1) is 13.2 Å². The van der Waals surface area contributed by atoms with Crippen LogP contribution in [0.15, 0.2) is 11.1 Å². The number of ether oxygens (including phenoxy) is 2. The first-order chi connectivity index (χ1) is 9.17. The third kappa shape index (κ3) is 1.80. The van der Waals surface area contributed by atoms with E-state index in [1.807, 2.05) is 0 Å². The second-order valence-electron chi connectivity index (χ2n) is 5.71. The van der Waals surface area contributed by atoms with E-state index in [9.17, 15) is 9.59 Å². The number of allylic oxidation sites excluding steroid dienone is 1. The summed E-state index contributed by atoms with van der Waals surface area (Å²) in [5, 5.41) is 0. The predicted molar refractivity (Wildman–Crippen MR) is 68.1 cm³/mol. The molecule has 0 heterocycles. The summed E-state index contributed by atoms with van der Waals surface area (Å²) in [6, 6.07) is 0. The molecule has 0 amide bonds. The molecule has 4 heteroatoms. The molecule has 4 rings (SSSR count). The fourth-order valence-corrected chi connectivity index (χ4v) is 4.41. The Morgan fingerprint density at radius 3 is 1.79 bits per heavy atom. The summed E-state index contributed by atoms with van der Waals surface area (Å²) < 4.78 is 10.1. The van der Waals surface area contributed by atoms with Crippen LogP contribution in [-0.2, 0) is 19.1 Å². The monoisotopic (exact) mass is 264 g/mol. The topological polar surface area (TPSA) is 52.6 Å². The zero-order valence-corrected chi connectivity index (χ0v) is 11.5. The molecule has 4 saturated carbocycles. The van der Waals surface area contributed by atoms with Gasteiger partial charge in [0, 0.05) is 0 Å². The summed E-state index contributed by atoms with van der Waals surface area (Å²) in [4.78, 5) is 24.2. The van der Waals surface area contributed by atoms with Crippen molar-refractivity contribution in [3.05, 3.63) is 11.1 Å². The zero-order chi connectivity index (χ0) is 13.6. The molecule has 0 aromatic rings. The van der Waals surface area contributed by atoms with Gasteiger partial charge in [-0.2, -0.15) is 0 Å². The molecule has 4 nitrogen and oxygen atoms in total. The van der Waals surface area contributed by atoms with Crippen molar-refractivity contribution in [1.82, 2.24) is 0 Å². The molecule has 0 spiro atoms. The van der Waals surface area contributed by atoms with Gasteiger partial charge in [0.1, 0.15) is 5.57 Å². The van der Waals surface area contributed by atoms with Crippen LogP contribution >= 0.6 is 0 Å². The maximum Gasteiger partial charge on any atom is 0.345 e. The van der Waals surface area contributed by atoms with Crippen LogP contribution in [0.3, 0.4) is 0 Å². The Kier molecular flexibility index (Phi) is 3.11. The van der Waals surface area contributed by atoms with Gasteiger partial charge in [0.25, 0.3) is 0 Å². The van der Waals surface area contributed by atoms with Gasteiger partial charge in [0.2, 0.25) is 0 Å². The highest BCUT2D eigenvalue weighted by Gasteiger charge is 2.58. The number of rotatable bonds is 4. The standard InChI is InChI=1S/C15H20O4/c1-3-18-14(16)13(15(17)19-4-2)12-10-6-8-5-9(10)7-11(8)12/h8-11H,3-7H2,1-2H3. The second kappa shape index (κ2) is 4.66. The Morgan fingerprint density at radius 2 is 1.42 bits per heavy atom. The van der Waals surface area contributed by atoms with E-state index < -0.39 is 11.9 Å². The van der Waals surface area contributed by atoms with Gasteiger partial charge in [-0.15, -0.1) is 0 Å². The van der Waals surface area contributed by atoms with E-state index in [2.05, 4.69) is 0 Å². The van der Waals surface area contributed by atoms with Crippen molar-refractivity contribution in [2.24, 2.45) is 23.7 Å². The molecule has 0 saturated heterocycles. The quantitative estimate of drug-likeness (QED) is 0.338. The summed E-state index contributed by atoms with van der Waals surface area (Å²) >= 11 is 0. The Labute approximate surface area is 113 Å². The fraction of sp³-hybridized carbons (Fsp3) is 0.733. The maximum absolute atomic E-state index is 12.1. The average molecular weight is 264 g/mol. The largest absolute Gasteiger partial charge is 0.462 e. The van der Waals surface area contributed by atoms with Gasteiger partial charge in [-0.05, 0) is 62.4 Å². The van der Waals surface area contributed by atoms with Crippen molar-refractivity contribution >= 4 is 11.9 Å². The van der Waals surface area contributed by atoms with E-state index in [-0.39, 0.29) is 18.8 Å². The summed E-state index contributed by atoms with van der Waals surface area (Å²) in [7, 11) is 0. The second-order valence-corrected chi connectivity index (χ2v) is 5.71. The molecule has 0 aromatic carbocycles. The lowest BCUT2D eigenvalue weighted by Gasteiger charge is -2.17. The van der Waals surface area contributed by atoms with Gasteiger partial charge >= 0.3 is 11.9 Å². The molecule has 4 unspecified atom stereocenters. The molecule has 0 aromatic heterocycles. The lowest BCUT2D eigenvalue weighted by molar-refractivity contribution is -0.146. The fourth-order valence-electron chi connectivity index (χ4n) is 4.41. The van der Waals surface area contributed by atoms with Gasteiger partial charge in [0.15, 0.2) is 0 Å². The summed E-state index contributed by atoms with van der Waals surface area (Å²) in [6.07, 6.45) is 3.57. The van der Waals surface area contributed by atoms with Crippen LogP contribution in [-0.4, -0.2) is 25.2 Å². The third-order valence-corrected chi connectivity index (χ3v) is 4.90. The van der Waals surface area contributed by atoms with Gasteiger partial charge in [-0.25, -0.2) is 9.59 Å². The SMILES string of the molecule is CCOC(=O)C(C(=O)OCC)=C1C2CC3CC2CC13. The van der Waals surface area contributed by atoms with Gasteiger partial charge in [-0.1, -0.05) is 0 Å². The molecule has 0 radical (unpaired) electrons. The Hall–Kier alpha value is -1.32. The van der Waals surface area contributed by atoms with Crippen LogP contribution in [0.1, 0.15) is 33.1 Å². The highest BCUT2D eigenvalue weighted by atomic mass is 16.6. The van der Waals surface area contributed by atoms with E-state index >= 15 is 0 Å². The third-order valence-electron chi connectivity index (χ3n) is 4.90. The number of hydrogen-bond acceptors (Lipinski definition) is 4. The highest BCUT2D eigenvalue weighted by molar-refractivity contribution is 6.15. The molecule has 104 valence electrons. The minimum absolute atomic E-state index is 0.211. The molecule has 4 fully saturated rings. The number of carbonyl (C=O) groups is 2. The first-order valence-corrected chi connectivity index (χ1v) is 7.25. The molecular weight excluding hydrogens is 244 g/mol. The summed E-state index contributed by atoms with van der Waals surface area (Å²) in [5.74, 6) is 1.24. The van der Waals surface area contributed by atoms with Crippen LogP contribution in [0.5, 0.6) is 0 Å². The minimum Gasteiger partial charge on any atom is -0.462 e. The normalized spacial score (nSPS) is 33.9. The molecule has 4 atom stereocenters. The average Bonchev–Trinajstić information content (AvgIpc) is 3.07. The van der Waals surface area contributed by atoms with Crippen LogP contribution in [0.4, 0.5) is 0 Å². The van der Waals surface area contributed by atoms with Crippen molar-refractivity contribution in [1.29, 1.82) is 0 Å². The highest BCUT2D eigenvalue weighted by Crippen LogP contribution is 2.66. The lowest BCUT2D eigenvalue weighted by atomic mass is 9.90. The molecular formula is C15H20O4. The van der Waals surface area contributed by atoms with E-state index in [0.29, 0.717) is 23.7 Å². The molecule has 0 aliphatic heterocycles. The van der Waals surface area contributed by atoms with Crippen molar-refractivity contribution in [3.63, 3.8) is 0 Å². The summed E-state index contributed by atoms with van der Waals surface area (Å²) in [5.41, 5.74) is 1.27. The van der Waals surface area contributed by atoms with Crippen LogP contribution < -0.4 is 0 Å². The molecule has 4 bridgehead atoms. The number of esters is 2. The molecule has 4 aliphatic carbocycles. The smallest absolute Gasteiger partial charge is 0.345 e. The van der Waals surface area contributed by atoms with Crippen LogP contribution in [0.25, 0.3) is 0 Å². The summed E-state index contributed by atoms with van der Waals surface area (Å²) in [6.45, 7) is 4.09. The van der Waals surface area contributed by atoms with Gasteiger partial charge in [-0.3, -0.25) is 0 Å². The zero-order valence-electron chi connectivity index (χ0n) is 11.5. The van der Waals surface area contributed by atoms with E-state index in [1.165, 1.54) is 6.42 Å². The first-order valence-electron chi connectivity index (χ1n) is 7.25. The van der Waals surface area contributed by atoms with E-state index in [0.717, 1.165) is 18.4 Å². The van der Waals surface area contributed by atoms with Crippen LogP contribution in [0, 0.1) is 23.7 Å². The van der Waals surface area contributed by atoms with E-state index in [4.69, 9.17) is 9.47 Å². The predicted octanol–water partition coefficient (Wildman–Crippen LogP) is 2.09. The van der Waals surface area contributed by atoms with Crippen molar-refractivity contribution in [2.75, 3.05) is 13.2 Å². The van der Waals surface area contributed by atoms with Crippen molar-refractivity contribution in [2.45, 2.75) is 33.1 Å². The Balaban J connectivity index is 1.96.